The molecule has 0 unspecified atom stereocenters. The molecule has 6 heteroatoms. The SMILES string of the molecule is O=C(NC(=S)NC[C@H]1CCCO1)c1ccccc1Br. The molecular formula is C13H15BrN2O2S. The second kappa shape index (κ2) is 6.98. The highest BCUT2D eigenvalue weighted by Crippen LogP contribution is 2.15. The molecule has 1 aliphatic heterocycles. The molecule has 1 amide bonds. The molecule has 2 rings (SSSR count). The number of benzene rings is 1. The van der Waals surface area contributed by atoms with Gasteiger partial charge in [-0.25, -0.2) is 0 Å². The summed E-state index contributed by atoms with van der Waals surface area (Å²) in [5, 5.41) is 5.99. The molecule has 1 aromatic carbocycles. The van der Waals surface area contributed by atoms with Crippen molar-refractivity contribution < 1.29 is 9.53 Å². The third-order valence-corrected chi connectivity index (χ3v) is 3.80. The van der Waals surface area contributed by atoms with Gasteiger partial charge in [0.25, 0.3) is 5.91 Å². The molecule has 1 aromatic rings. The van der Waals surface area contributed by atoms with Gasteiger partial charge in [-0.2, -0.15) is 0 Å². The molecule has 102 valence electrons. The molecule has 1 heterocycles. The van der Waals surface area contributed by atoms with Crippen LogP contribution >= 0.6 is 28.1 Å². The highest BCUT2D eigenvalue weighted by Gasteiger charge is 2.16. The van der Waals surface area contributed by atoms with Gasteiger partial charge in [0.2, 0.25) is 0 Å². The van der Waals surface area contributed by atoms with Crippen LogP contribution < -0.4 is 10.6 Å². The summed E-state index contributed by atoms with van der Waals surface area (Å²) in [7, 11) is 0. The lowest BCUT2D eigenvalue weighted by Crippen LogP contribution is -2.42. The normalized spacial score (nSPS) is 18.1. The van der Waals surface area contributed by atoms with Gasteiger partial charge in [0, 0.05) is 17.6 Å². The average molecular weight is 343 g/mol. The predicted octanol–water partition coefficient (Wildman–Crippen LogP) is 2.23. The third kappa shape index (κ3) is 4.26. The lowest BCUT2D eigenvalue weighted by atomic mass is 10.2. The van der Waals surface area contributed by atoms with Crippen molar-refractivity contribution in [1.29, 1.82) is 0 Å². The van der Waals surface area contributed by atoms with Gasteiger partial charge in [0.05, 0.1) is 11.7 Å². The monoisotopic (exact) mass is 342 g/mol. The van der Waals surface area contributed by atoms with E-state index in [4.69, 9.17) is 17.0 Å². The molecule has 2 N–H and O–H groups in total. The number of nitrogens with one attached hydrogen (secondary N) is 2. The fourth-order valence-electron chi connectivity index (χ4n) is 1.87. The van der Waals surface area contributed by atoms with Crippen LogP contribution in [0.2, 0.25) is 0 Å². The number of amides is 1. The first kappa shape index (κ1) is 14.4. The molecule has 0 saturated carbocycles. The van der Waals surface area contributed by atoms with Gasteiger partial charge in [-0.3, -0.25) is 10.1 Å². The zero-order valence-electron chi connectivity index (χ0n) is 10.3. The maximum absolute atomic E-state index is 12.0. The summed E-state index contributed by atoms with van der Waals surface area (Å²) in [6, 6.07) is 7.22. The van der Waals surface area contributed by atoms with E-state index in [2.05, 4.69) is 26.6 Å². The fourth-order valence-corrected chi connectivity index (χ4v) is 2.51. The summed E-state index contributed by atoms with van der Waals surface area (Å²) in [5.41, 5.74) is 0.559. The predicted molar refractivity (Wildman–Crippen MR) is 81.2 cm³/mol. The Bertz CT molecular complexity index is 475. The third-order valence-electron chi connectivity index (χ3n) is 2.86. The first-order chi connectivity index (χ1) is 9.16. The number of carbonyl (C=O) groups excluding carboxylic acids is 1. The van der Waals surface area contributed by atoms with Crippen molar-refractivity contribution in [3.63, 3.8) is 0 Å². The van der Waals surface area contributed by atoms with Crippen LogP contribution in [-0.2, 0) is 4.74 Å². The number of ether oxygens (including phenoxy) is 1. The van der Waals surface area contributed by atoms with Gasteiger partial charge in [0.15, 0.2) is 5.11 Å². The molecule has 0 radical (unpaired) electrons. The van der Waals surface area contributed by atoms with Gasteiger partial charge in [-0.05, 0) is 53.1 Å². The van der Waals surface area contributed by atoms with Crippen LogP contribution in [0.1, 0.15) is 23.2 Å². The Morgan fingerprint density at radius 2 is 2.26 bits per heavy atom. The van der Waals surface area contributed by atoms with Crippen molar-refractivity contribution in [3.05, 3.63) is 34.3 Å². The molecule has 0 aromatic heterocycles. The zero-order valence-corrected chi connectivity index (χ0v) is 12.7. The van der Waals surface area contributed by atoms with E-state index >= 15 is 0 Å². The Morgan fingerprint density at radius 3 is 2.95 bits per heavy atom. The number of thiocarbonyl (C=S) groups is 1. The minimum absolute atomic E-state index is 0.193. The van der Waals surface area contributed by atoms with Crippen LogP contribution in [0.5, 0.6) is 0 Å². The van der Waals surface area contributed by atoms with Gasteiger partial charge >= 0.3 is 0 Å². The highest BCUT2D eigenvalue weighted by molar-refractivity contribution is 9.10. The lowest BCUT2D eigenvalue weighted by molar-refractivity contribution is 0.0972. The van der Waals surface area contributed by atoms with E-state index in [1.54, 1.807) is 6.07 Å². The summed E-state index contributed by atoms with van der Waals surface area (Å²) in [5.74, 6) is -0.225. The Balaban J connectivity index is 1.81. The number of carbonyl (C=O) groups is 1. The number of rotatable bonds is 3. The van der Waals surface area contributed by atoms with E-state index in [9.17, 15) is 4.79 Å². The molecule has 19 heavy (non-hydrogen) atoms. The van der Waals surface area contributed by atoms with Crippen LogP contribution in [0.4, 0.5) is 0 Å². The second-order valence-corrected chi connectivity index (χ2v) is 5.54. The molecular weight excluding hydrogens is 328 g/mol. The minimum atomic E-state index is -0.225. The van der Waals surface area contributed by atoms with E-state index in [0.29, 0.717) is 17.2 Å². The standard InChI is InChI=1S/C13H15BrN2O2S/c14-11-6-2-1-5-10(11)12(17)16-13(19)15-8-9-4-3-7-18-9/h1-2,5-6,9H,3-4,7-8H2,(H2,15,16,17,19)/t9-/m1/s1. The van der Waals surface area contributed by atoms with Crippen LogP contribution in [0.15, 0.2) is 28.7 Å². The van der Waals surface area contributed by atoms with Gasteiger partial charge in [-0.1, -0.05) is 12.1 Å². The molecule has 1 fully saturated rings. The van der Waals surface area contributed by atoms with Crippen LogP contribution in [0.25, 0.3) is 0 Å². The molecule has 1 atom stereocenters. The summed E-state index contributed by atoms with van der Waals surface area (Å²) >= 11 is 8.43. The molecule has 0 spiro atoms. The van der Waals surface area contributed by atoms with Crippen molar-refractivity contribution in [3.8, 4) is 0 Å². The van der Waals surface area contributed by atoms with Gasteiger partial charge in [-0.15, -0.1) is 0 Å². The molecule has 4 nitrogen and oxygen atoms in total. The zero-order chi connectivity index (χ0) is 13.7. The number of hydrogen-bond donors (Lipinski definition) is 2. The summed E-state index contributed by atoms with van der Waals surface area (Å²) < 4.78 is 6.21. The molecule has 1 aliphatic rings. The van der Waals surface area contributed by atoms with E-state index in [-0.39, 0.29) is 12.0 Å². The van der Waals surface area contributed by atoms with Crippen molar-refractivity contribution >= 4 is 39.2 Å². The summed E-state index contributed by atoms with van der Waals surface area (Å²) in [4.78, 5) is 12.0. The molecule has 0 bridgehead atoms. The second-order valence-electron chi connectivity index (χ2n) is 4.28. The maximum Gasteiger partial charge on any atom is 0.258 e. The molecule has 0 aliphatic carbocycles. The van der Waals surface area contributed by atoms with Gasteiger partial charge < -0.3 is 10.1 Å². The molecule has 1 saturated heterocycles. The van der Waals surface area contributed by atoms with Crippen LogP contribution in [-0.4, -0.2) is 30.3 Å². The first-order valence-corrected chi connectivity index (χ1v) is 7.32. The van der Waals surface area contributed by atoms with E-state index in [0.717, 1.165) is 23.9 Å². The largest absolute Gasteiger partial charge is 0.376 e. The lowest BCUT2D eigenvalue weighted by Gasteiger charge is -2.13. The highest BCUT2D eigenvalue weighted by atomic mass is 79.9. The summed E-state index contributed by atoms with van der Waals surface area (Å²) in [6.45, 7) is 1.44. The first-order valence-electron chi connectivity index (χ1n) is 6.12. The Labute approximate surface area is 126 Å². The topological polar surface area (TPSA) is 50.4 Å². The minimum Gasteiger partial charge on any atom is -0.376 e. The van der Waals surface area contributed by atoms with Crippen molar-refractivity contribution in [2.45, 2.75) is 18.9 Å². The van der Waals surface area contributed by atoms with Crippen LogP contribution in [0, 0.1) is 0 Å². The average Bonchev–Trinajstić information content (AvgIpc) is 2.90. The van der Waals surface area contributed by atoms with Crippen molar-refractivity contribution in [1.82, 2.24) is 10.6 Å². The van der Waals surface area contributed by atoms with Crippen molar-refractivity contribution in [2.24, 2.45) is 0 Å². The van der Waals surface area contributed by atoms with E-state index < -0.39 is 0 Å². The Morgan fingerprint density at radius 1 is 1.47 bits per heavy atom. The van der Waals surface area contributed by atoms with E-state index in [1.807, 2.05) is 18.2 Å². The van der Waals surface area contributed by atoms with E-state index in [1.165, 1.54) is 0 Å². The van der Waals surface area contributed by atoms with Gasteiger partial charge in [0.1, 0.15) is 0 Å². The smallest absolute Gasteiger partial charge is 0.258 e. The van der Waals surface area contributed by atoms with Crippen molar-refractivity contribution in [2.75, 3.05) is 13.2 Å². The van der Waals surface area contributed by atoms with Crippen LogP contribution in [0.3, 0.4) is 0 Å². The quantitative estimate of drug-likeness (QED) is 0.827. The Hall–Kier alpha value is -0.980. The maximum atomic E-state index is 12.0. The Kier molecular flexibility index (Phi) is 5.30. The fraction of sp³-hybridized carbons (Fsp3) is 0.385. The number of halogens is 1. The summed E-state index contributed by atoms with van der Waals surface area (Å²) in [6.07, 6.45) is 2.31. The number of hydrogen-bond acceptors (Lipinski definition) is 3.